The molecule has 0 aliphatic carbocycles. The number of hydrogen-bond acceptors (Lipinski definition) is 3. The van der Waals surface area contributed by atoms with Crippen molar-refractivity contribution in [2.24, 2.45) is 10.9 Å². The number of sulfone groups is 1. The minimum atomic E-state index is -2.87. The maximum atomic E-state index is 11.6. The summed E-state index contributed by atoms with van der Waals surface area (Å²) in [4.78, 5) is 4.59. The lowest BCUT2D eigenvalue weighted by atomic mass is 10.1. The first-order valence-electron chi connectivity index (χ1n) is 8.29. The number of nitrogens with one attached hydrogen (secondary N) is 2. The van der Waals surface area contributed by atoms with E-state index in [0.717, 1.165) is 5.56 Å². The lowest BCUT2D eigenvalue weighted by Gasteiger charge is -2.21. The van der Waals surface area contributed by atoms with Gasteiger partial charge in [-0.2, -0.15) is 0 Å². The van der Waals surface area contributed by atoms with Crippen LogP contribution in [0.15, 0.2) is 29.3 Å². The molecule has 134 valence electrons. The van der Waals surface area contributed by atoms with Gasteiger partial charge in [0.15, 0.2) is 15.8 Å². The molecular formula is C17H26ClN3O2S. The molecule has 1 fully saturated rings. The van der Waals surface area contributed by atoms with Crippen LogP contribution >= 0.6 is 11.6 Å². The molecule has 0 saturated carbocycles. The molecule has 1 aliphatic heterocycles. The maximum absolute atomic E-state index is 11.6. The van der Waals surface area contributed by atoms with Crippen molar-refractivity contribution in [3.05, 3.63) is 34.9 Å². The summed E-state index contributed by atoms with van der Waals surface area (Å²) in [6.07, 6.45) is 0.695. The Bertz CT molecular complexity index is 689. The minimum absolute atomic E-state index is 0.00369. The first-order chi connectivity index (χ1) is 11.3. The summed E-state index contributed by atoms with van der Waals surface area (Å²) in [5.41, 5.74) is 1.00. The summed E-state index contributed by atoms with van der Waals surface area (Å²) >= 11 is 6.25. The summed E-state index contributed by atoms with van der Waals surface area (Å²) in [6.45, 7) is 6.62. The number of nitrogens with zero attached hydrogens (tertiary/aromatic N) is 1. The highest BCUT2D eigenvalue weighted by molar-refractivity contribution is 7.91. The van der Waals surface area contributed by atoms with E-state index in [4.69, 9.17) is 11.6 Å². The van der Waals surface area contributed by atoms with Gasteiger partial charge in [0.2, 0.25) is 0 Å². The average molecular weight is 372 g/mol. The third-order valence-corrected chi connectivity index (χ3v) is 6.17. The SMILES string of the molecule is CC(C)NC(=NCC1CCS(=O)(=O)C1)NC(C)c1ccccc1Cl. The van der Waals surface area contributed by atoms with Gasteiger partial charge in [0, 0.05) is 17.6 Å². The highest BCUT2D eigenvalue weighted by Crippen LogP contribution is 2.22. The standard InChI is InChI=1S/C17H26ClN3O2S/c1-12(2)20-17(19-10-14-8-9-24(22,23)11-14)21-13(3)15-6-4-5-7-16(15)18/h4-7,12-14H,8-11H2,1-3H3,(H2,19,20,21). The summed E-state index contributed by atoms with van der Waals surface area (Å²) in [6, 6.07) is 7.93. The van der Waals surface area contributed by atoms with Crippen LogP contribution in [0.5, 0.6) is 0 Å². The Kier molecular flexibility index (Phi) is 6.52. The van der Waals surface area contributed by atoms with Gasteiger partial charge >= 0.3 is 0 Å². The van der Waals surface area contributed by atoms with Gasteiger partial charge in [-0.25, -0.2) is 8.42 Å². The van der Waals surface area contributed by atoms with E-state index in [1.165, 1.54) is 0 Å². The number of hydrogen-bond donors (Lipinski definition) is 2. The molecule has 0 bridgehead atoms. The fraction of sp³-hybridized carbons (Fsp3) is 0.588. The van der Waals surface area contributed by atoms with Crippen molar-refractivity contribution >= 4 is 27.4 Å². The Morgan fingerprint density at radius 2 is 2.00 bits per heavy atom. The number of benzene rings is 1. The van der Waals surface area contributed by atoms with Gasteiger partial charge in [0.25, 0.3) is 0 Å². The van der Waals surface area contributed by atoms with Crippen LogP contribution in [-0.2, 0) is 9.84 Å². The number of halogens is 1. The quantitative estimate of drug-likeness (QED) is 0.616. The predicted molar refractivity (Wildman–Crippen MR) is 100 cm³/mol. The molecule has 1 saturated heterocycles. The van der Waals surface area contributed by atoms with Gasteiger partial charge < -0.3 is 10.6 Å². The lowest BCUT2D eigenvalue weighted by Crippen LogP contribution is -2.42. The molecule has 1 aromatic rings. The van der Waals surface area contributed by atoms with Gasteiger partial charge in [-0.05, 0) is 44.7 Å². The van der Waals surface area contributed by atoms with Crippen LogP contribution in [0.1, 0.15) is 38.8 Å². The Balaban J connectivity index is 2.05. The van der Waals surface area contributed by atoms with Crippen LogP contribution in [0, 0.1) is 5.92 Å². The number of guanidine groups is 1. The Morgan fingerprint density at radius 1 is 1.29 bits per heavy atom. The molecule has 2 unspecified atom stereocenters. The highest BCUT2D eigenvalue weighted by Gasteiger charge is 2.27. The van der Waals surface area contributed by atoms with Gasteiger partial charge in [0.05, 0.1) is 17.5 Å². The summed E-state index contributed by atoms with van der Waals surface area (Å²) in [5, 5.41) is 7.36. The van der Waals surface area contributed by atoms with Gasteiger partial charge in [-0.15, -0.1) is 0 Å². The van der Waals surface area contributed by atoms with E-state index in [1.54, 1.807) is 0 Å². The third kappa shape index (κ3) is 5.67. The molecule has 24 heavy (non-hydrogen) atoms. The second kappa shape index (κ2) is 8.21. The van der Waals surface area contributed by atoms with Gasteiger partial charge in [-0.3, -0.25) is 4.99 Å². The first kappa shape index (κ1) is 19.1. The average Bonchev–Trinajstić information content (AvgIpc) is 2.84. The molecule has 7 heteroatoms. The number of aliphatic imine (C=N–C) groups is 1. The van der Waals surface area contributed by atoms with E-state index in [0.29, 0.717) is 23.9 Å². The molecule has 1 aromatic carbocycles. The molecule has 0 spiro atoms. The predicted octanol–water partition coefficient (Wildman–Crippen LogP) is 2.78. The van der Waals surface area contributed by atoms with E-state index < -0.39 is 9.84 Å². The number of rotatable bonds is 5. The molecular weight excluding hydrogens is 346 g/mol. The van der Waals surface area contributed by atoms with E-state index >= 15 is 0 Å². The first-order valence-corrected chi connectivity index (χ1v) is 10.5. The molecule has 2 rings (SSSR count). The van der Waals surface area contributed by atoms with Crippen molar-refractivity contribution in [1.82, 2.24) is 10.6 Å². The molecule has 2 N–H and O–H groups in total. The lowest BCUT2D eigenvalue weighted by molar-refractivity contribution is 0.584. The van der Waals surface area contributed by atoms with E-state index in [-0.39, 0.29) is 29.5 Å². The van der Waals surface area contributed by atoms with Crippen molar-refractivity contribution in [3.63, 3.8) is 0 Å². The van der Waals surface area contributed by atoms with Crippen LogP contribution in [0.2, 0.25) is 5.02 Å². The zero-order chi connectivity index (χ0) is 17.7. The molecule has 0 radical (unpaired) electrons. The Hall–Kier alpha value is -1.27. The van der Waals surface area contributed by atoms with Crippen molar-refractivity contribution in [1.29, 1.82) is 0 Å². The maximum Gasteiger partial charge on any atom is 0.191 e. The molecule has 5 nitrogen and oxygen atoms in total. The Morgan fingerprint density at radius 3 is 2.58 bits per heavy atom. The zero-order valence-electron chi connectivity index (χ0n) is 14.4. The van der Waals surface area contributed by atoms with Crippen LogP contribution in [-0.4, -0.2) is 38.5 Å². The van der Waals surface area contributed by atoms with E-state index in [1.807, 2.05) is 45.0 Å². The molecule has 1 heterocycles. The van der Waals surface area contributed by atoms with E-state index in [2.05, 4.69) is 15.6 Å². The van der Waals surface area contributed by atoms with Gasteiger partial charge in [0.1, 0.15) is 0 Å². The molecule has 0 amide bonds. The molecule has 1 aliphatic rings. The molecule has 0 aromatic heterocycles. The summed E-state index contributed by atoms with van der Waals surface area (Å²) in [5.74, 6) is 1.31. The topological polar surface area (TPSA) is 70.6 Å². The van der Waals surface area contributed by atoms with Crippen LogP contribution in [0.4, 0.5) is 0 Å². The summed E-state index contributed by atoms with van der Waals surface area (Å²) in [7, 11) is -2.87. The fourth-order valence-electron chi connectivity index (χ4n) is 2.75. The zero-order valence-corrected chi connectivity index (χ0v) is 16.0. The third-order valence-electron chi connectivity index (χ3n) is 3.98. The monoisotopic (exact) mass is 371 g/mol. The van der Waals surface area contributed by atoms with Crippen molar-refractivity contribution < 1.29 is 8.42 Å². The highest BCUT2D eigenvalue weighted by atomic mass is 35.5. The van der Waals surface area contributed by atoms with Crippen LogP contribution < -0.4 is 10.6 Å². The second-order valence-corrected chi connectivity index (χ2v) is 9.28. The van der Waals surface area contributed by atoms with Gasteiger partial charge in [-0.1, -0.05) is 29.8 Å². The van der Waals surface area contributed by atoms with E-state index in [9.17, 15) is 8.42 Å². The second-order valence-electron chi connectivity index (χ2n) is 6.64. The van der Waals surface area contributed by atoms with Crippen molar-refractivity contribution in [3.8, 4) is 0 Å². The van der Waals surface area contributed by atoms with Crippen molar-refractivity contribution in [2.75, 3.05) is 18.1 Å². The Labute approximate surface area is 149 Å². The largest absolute Gasteiger partial charge is 0.354 e. The van der Waals surface area contributed by atoms with Crippen LogP contribution in [0.25, 0.3) is 0 Å². The van der Waals surface area contributed by atoms with Crippen LogP contribution in [0.3, 0.4) is 0 Å². The normalized spacial score (nSPS) is 21.7. The van der Waals surface area contributed by atoms with Crippen molar-refractivity contribution in [2.45, 2.75) is 39.3 Å². The summed E-state index contributed by atoms with van der Waals surface area (Å²) < 4.78 is 23.1. The molecule has 2 atom stereocenters. The minimum Gasteiger partial charge on any atom is -0.354 e. The fourth-order valence-corrected chi connectivity index (χ4v) is 4.90. The smallest absolute Gasteiger partial charge is 0.191 e.